The van der Waals surface area contributed by atoms with Gasteiger partial charge in [0.15, 0.2) is 12.6 Å². The molecule has 1 fully saturated rings. The van der Waals surface area contributed by atoms with Crippen molar-refractivity contribution in [2.45, 2.75) is 37.3 Å². The standard InChI is InChI=1S/C22H28O8/c1-26-16-7-3-14(4-8-16)21(25)28-12-11-18(23)20(24)19-13-29-22(30-19)15-5-9-17(27-2)10-6-15/h3-10,18-25H,11-13H2,1-2H3/t18-,19+,20?,21?,22?/m0/s1. The molecule has 1 aliphatic heterocycles. The molecule has 1 aliphatic rings. The highest BCUT2D eigenvalue weighted by Crippen LogP contribution is 2.30. The molecule has 164 valence electrons. The Kier molecular flexibility index (Phi) is 8.03. The second-order valence-electron chi connectivity index (χ2n) is 6.96. The Morgan fingerprint density at radius 3 is 2.13 bits per heavy atom. The molecular formula is C22H28O8. The van der Waals surface area contributed by atoms with E-state index in [0.29, 0.717) is 11.3 Å². The number of aliphatic hydroxyl groups is 3. The summed E-state index contributed by atoms with van der Waals surface area (Å²) in [5, 5.41) is 30.8. The Balaban J connectivity index is 1.43. The smallest absolute Gasteiger partial charge is 0.184 e. The molecule has 2 aromatic rings. The first kappa shape index (κ1) is 22.5. The first-order valence-electron chi connectivity index (χ1n) is 9.72. The van der Waals surface area contributed by atoms with E-state index in [1.165, 1.54) is 0 Å². The molecule has 0 aliphatic carbocycles. The second-order valence-corrected chi connectivity index (χ2v) is 6.96. The SMILES string of the molecule is COc1ccc(C(O)OCC[C@H](O)C(O)[C@H]2COC(c3ccc(OC)cc3)O2)cc1. The zero-order valence-electron chi connectivity index (χ0n) is 17.0. The highest BCUT2D eigenvalue weighted by atomic mass is 16.7. The molecule has 0 amide bonds. The third kappa shape index (κ3) is 5.69. The number of ether oxygens (including phenoxy) is 5. The number of aliphatic hydroxyl groups excluding tert-OH is 3. The van der Waals surface area contributed by atoms with Crippen LogP contribution in [-0.4, -0.2) is 61.1 Å². The van der Waals surface area contributed by atoms with Crippen molar-refractivity contribution in [1.29, 1.82) is 0 Å². The summed E-state index contributed by atoms with van der Waals surface area (Å²) in [4.78, 5) is 0. The summed E-state index contributed by atoms with van der Waals surface area (Å²) in [5.41, 5.74) is 1.37. The molecule has 3 unspecified atom stereocenters. The van der Waals surface area contributed by atoms with E-state index in [1.54, 1.807) is 50.6 Å². The fraction of sp³-hybridized carbons (Fsp3) is 0.455. The third-order valence-electron chi connectivity index (χ3n) is 4.96. The lowest BCUT2D eigenvalue weighted by atomic mass is 10.1. The average molecular weight is 420 g/mol. The van der Waals surface area contributed by atoms with Gasteiger partial charge in [0, 0.05) is 11.1 Å². The molecule has 1 heterocycles. The molecule has 1 saturated heterocycles. The van der Waals surface area contributed by atoms with Gasteiger partial charge in [-0.05, 0) is 30.7 Å². The van der Waals surface area contributed by atoms with Gasteiger partial charge in [0.1, 0.15) is 23.7 Å². The molecule has 0 radical (unpaired) electrons. The Hall–Kier alpha value is -2.20. The van der Waals surface area contributed by atoms with Crippen molar-refractivity contribution in [3.63, 3.8) is 0 Å². The van der Waals surface area contributed by atoms with E-state index in [9.17, 15) is 15.3 Å². The van der Waals surface area contributed by atoms with Crippen molar-refractivity contribution in [3.8, 4) is 11.5 Å². The summed E-state index contributed by atoms with van der Waals surface area (Å²) in [6.45, 7) is 0.213. The summed E-state index contributed by atoms with van der Waals surface area (Å²) in [5.74, 6) is 1.40. The molecule has 8 nitrogen and oxygen atoms in total. The number of benzene rings is 2. The Morgan fingerprint density at radius 2 is 1.53 bits per heavy atom. The lowest BCUT2D eigenvalue weighted by Gasteiger charge is -2.23. The molecule has 0 aromatic heterocycles. The van der Waals surface area contributed by atoms with Gasteiger partial charge < -0.3 is 39.0 Å². The summed E-state index contributed by atoms with van der Waals surface area (Å²) < 4.78 is 26.9. The van der Waals surface area contributed by atoms with E-state index in [0.717, 1.165) is 11.3 Å². The van der Waals surface area contributed by atoms with Gasteiger partial charge in [0.05, 0.1) is 33.5 Å². The molecule has 3 N–H and O–H groups in total. The van der Waals surface area contributed by atoms with E-state index >= 15 is 0 Å². The van der Waals surface area contributed by atoms with Crippen LogP contribution in [0.15, 0.2) is 48.5 Å². The molecule has 0 bridgehead atoms. The largest absolute Gasteiger partial charge is 0.497 e. The maximum atomic E-state index is 10.4. The van der Waals surface area contributed by atoms with Crippen molar-refractivity contribution in [2.24, 2.45) is 0 Å². The normalized spacial score (nSPS) is 21.8. The van der Waals surface area contributed by atoms with Crippen LogP contribution in [0.2, 0.25) is 0 Å². The zero-order chi connectivity index (χ0) is 21.5. The Morgan fingerprint density at radius 1 is 0.933 bits per heavy atom. The Bertz CT molecular complexity index is 764. The van der Waals surface area contributed by atoms with Gasteiger partial charge in [-0.2, -0.15) is 0 Å². The molecule has 0 spiro atoms. The van der Waals surface area contributed by atoms with Crippen molar-refractivity contribution in [3.05, 3.63) is 59.7 Å². The van der Waals surface area contributed by atoms with Crippen LogP contribution in [0, 0.1) is 0 Å². The van der Waals surface area contributed by atoms with Crippen LogP contribution in [0.25, 0.3) is 0 Å². The van der Waals surface area contributed by atoms with Crippen molar-refractivity contribution in [1.82, 2.24) is 0 Å². The van der Waals surface area contributed by atoms with Gasteiger partial charge in [0.2, 0.25) is 0 Å². The van der Waals surface area contributed by atoms with Gasteiger partial charge >= 0.3 is 0 Å². The number of rotatable bonds is 10. The molecule has 3 rings (SSSR count). The van der Waals surface area contributed by atoms with E-state index in [2.05, 4.69) is 0 Å². The first-order chi connectivity index (χ1) is 14.5. The van der Waals surface area contributed by atoms with Crippen LogP contribution in [0.5, 0.6) is 11.5 Å². The predicted molar refractivity (Wildman–Crippen MR) is 107 cm³/mol. The maximum absolute atomic E-state index is 10.4. The molecule has 8 heteroatoms. The van der Waals surface area contributed by atoms with Crippen LogP contribution >= 0.6 is 0 Å². The van der Waals surface area contributed by atoms with Gasteiger partial charge in [0.25, 0.3) is 0 Å². The molecule has 5 atom stereocenters. The summed E-state index contributed by atoms with van der Waals surface area (Å²) >= 11 is 0. The summed E-state index contributed by atoms with van der Waals surface area (Å²) in [6, 6.07) is 14.1. The average Bonchev–Trinajstić information content (AvgIpc) is 3.28. The monoisotopic (exact) mass is 420 g/mol. The summed E-state index contributed by atoms with van der Waals surface area (Å²) in [6.07, 6.45) is -4.52. The minimum Gasteiger partial charge on any atom is -0.497 e. The summed E-state index contributed by atoms with van der Waals surface area (Å²) in [7, 11) is 3.15. The van der Waals surface area contributed by atoms with Gasteiger partial charge in [-0.3, -0.25) is 0 Å². The molecule has 30 heavy (non-hydrogen) atoms. The van der Waals surface area contributed by atoms with Crippen LogP contribution in [0.1, 0.15) is 30.1 Å². The highest BCUT2D eigenvalue weighted by molar-refractivity contribution is 5.28. The van der Waals surface area contributed by atoms with Gasteiger partial charge in [-0.25, -0.2) is 0 Å². The fourth-order valence-corrected chi connectivity index (χ4v) is 3.12. The number of hydrogen-bond donors (Lipinski definition) is 3. The lowest BCUT2D eigenvalue weighted by molar-refractivity contribution is -0.129. The maximum Gasteiger partial charge on any atom is 0.184 e. The third-order valence-corrected chi connectivity index (χ3v) is 4.96. The van der Waals surface area contributed by atoms with Crippen LogP contribution in [-0.2, 0) is 14.2 Å². The van der Waals surface area contributed by atoms with Gasteiger partial charge in [-0.15, -0.1) is 0 Å². The van der Waals surface area contributed by atoms with E-state index in [-0.39, 0.29) is 19.6 Å². The van der Waals surface area contributed by atoms with Crippen molar-refractivity contribution < 1.29 is 39.0 Å². The van der Waals surface area contributed by atoms with E-state index < -0.39 is 30.9 Å². The molecule has 2 aromatic carbocycles. The van der Waals surface area contributed by atoms with Crippen LogP contribution in [0.4, 0.5) is 0 Å². The first-order valence-corrected chi connectivity index (χ1v) is 9.72. The minimum atomic E-state index is -1.14. The second kappa shape index (κ2) is 10.7. The van der Waals surface area contributed by atoms with Crippen molar-refractivity contribution >= 4 is 0 Å². The van der Waals surface area contributed by atoms with Gasteiger partial charge in [-0.1, -0.05) is 24.3 Å². The quantitative estimate of drug-likeness (QED) is 0.501. The minimum absolute atomic E-state index is 0.0565. The van der Waals surface area contributed by atoms with Crippen molar-refractivity contribution in [2.75, 3.05) is 27.4 Å². The topological polar surface area (TPSA) is 107 Å². The highest BCUT2D eigenvalue weighted by Gasteiger charge is 2.35. The number of methoxy groups -OCH3 is 2. The van der Waals surface area contributed by atoms with Crippen LogP contribution in [0.3, 0.4) is 0 Å². The zero-order valence-corrected chi connectivity index (χ0v) is 17.0. The van der Waals surface area contributed by atoms with E-state index in [1.807, 2.05) is 12.1 Å². The van der Waals surface area contributed by atoms with E-state index in [4.69, 9.17) is 23.7 Å². The fourth-order valence-electron chi connectivity index (χ4n) is 3.12. The lowest BCUT2D eigenvalue weighted by Crippen LogP contribution is -2.39. The number of hydrogen-bond acceptors (Lipinski definition) is 8. The van der Waals surface area contributed by atoms with Crippen LogP contribution < -0.4 is 9.47 Å². The Labute approximate surface area is 175 Å². The molecule has 0 saturated carbocycles. The molecular weight excluding hydrogens is 392 g/mol. The predicted octanol–water partition coefficient (Wildman–Crippen LogP) is 1.94.